The third-order valence-corrected chi connectivity index (χ3v) is 27.0. The summed E-state index contributed by atoms with van der Waals surface area (Å²) in [7, 11) is 5.25. The lowest BCUT2D eigenvalue weighted by Gasteiger charge is -2.61. The Morgan fingerprint density at radius 2 is 1.70 bits per heavy atom. The number of methoxy groups -OCH3 is 1. The van der Waals surface area contributed by atoms with Gasteiger partial charge in [0.15, 0.2) is 35.8 Å². The minimum Gasteiger partial charge on any atom is -0.508 e. The van der Waals surface area contributed by atoms with Gasteiger partial charge in [-0.2, -0.15) is 0 Å². The Morgan fingerprint density at radius 3 is 2.49 bits per heavy atom. The standard InChI is InChI=1S/C75H99N5O12S2/c1-44(2)63-38-94-93-37-60-59-32-58-47-11-15-53(85)30-52(84)14-10-46-13-17-64(87)67(91-43-82)55(46)9-7-8-48(28-47)66(68(58)92-69(59)88)90-42-78-75-41-74(26-19-51(75)29-57(65(36-81)89-4)50-18-25-72(75,34-50)27-21-62(60)79-70(76)80-63)40-71(39-73(74)22-5-6-23-73)24-20-61(77-35-45(3)83)56-31-54(86)16-12-49(56)33-71/h12-13,16-18,25,28,31,44-45,50-51,53,57,59-63,65,69,77-78,81-83,85-88H,5-6,8,10-11,14-15,19-20,22-24,26,29-30,32-43H2,1-4H3,(H3,76,79,80)/t45-,50-,51-,53+,57+,59-,60-,61-,62-,63-,65+,69+,71+,72-,74-,75+/m0/s1. The fourth-order valence-electron chi connectivity index (χ4n) is 20.0. The second-order valence-electron chi connectivity index (χ2n) is 30.2. The van der Waals surface area contributed by atoms with Crippen LogP contribution in [0.2, 0.25) is 0 Å². The van der Waals surface area contributed by atoms with Gasteiger partial charge in [-0.05, 0) is 190 Å². The third kappa shape index (κ3) is 12.8. The number of carbonyl (C=O) groups is 1. The first-order chi connectivity index (χ1) is 45.3. The van der Waals surface area contributed by atoms with Crippen LogP contribution in [0.1, 0.15) is 168 Å². The zero-order valence-corrected chi connectivity index (χ0v) is 56.9. The van der Waals surface area contributed by atoms with Crippen molar-refractivity contribution in [3.05, 3.63) is 87.5 Å². The largest absolute Gasteiger partial charge is 0.508 e. The molecule has 94 heavy (non-hydrogen) atoms. The predicted molar refractivity (Wildman–Crippen MR) is 365 cm³/mol. The quantitative estimate of drug-likeness (QED) is 0.0413. The number of Topliss-reactive ketones (excluding diaryl/α,β-unsaturated/α-hetero) is 1. The number of ether oxygens (including phenoxy) is 4. The van der Waals surface area contributed by atoms with Gasteiger partial charge in [0.05, 0.1) is 48.0 Å². The Kier molecular flexibility index (Phi) is 19.8. The van der Waals surface area contributed by atoms with Crippen molar-refractivity contribution in [2.24, 2.45) is 67.9 Å². The number of allylic oxidation sites excluding steroid dienone is 1. The second-order valence-corrected chi connectivity index (χ2v) is 32.8. The van der Waals surface area contributed by atoms with E-state index in [1.54, 1.807) is 34.8 Å². The normalized spacial score (nSPS) is 35.0. The van der Waals surface area contributed by atoms with Gasteiger partial charge in [-0.3, -0.25) is 10.1 Å². The van der Waals surface area contributed by atoms with Crippen LogP contribution in [0.5, 0.6) is 28.7 Å². The highest BCUT2D eigenvalue weighted by Gasteiger charge is 2.71. The van der Waals surface area contributed by atoms with Crippen molar-refractivity contribution in [1.82, 2.24) is 16.0 Å². The molecule has 8 bridgehead atoms. The Balaban J connectivity index is 1.00. The summed E-state index contributed by atoms with van der Waals surface area (Å²) in [5.74, 6) is 16.8. The van der Waals surface area contributed by atoms with Gasteiger partial charge in [0, 0.05) is 79.0 Å². The summed E-state index contributed by atoms with van der Waals surface area (Å²) >= 11 is 0. The SMILES string of the molecule is CO[C@H](CO)[C@@H]1C[C@@H]2CC[C@]3(C[C@@]4(CC[C@H](NC[C@H](C)O)c5cc(O)ccc5C4)CC34CCCC4)C[C@@]23NCOc2c4cc(c5c2O[C@@H](O)[C@@H](C5)[C@@H]2CSSC[C@@H](C(C)C)N=C(N)N[C@H]2C#C[C@]32C=C[C@H]1C2)CC[C@@H](O)CC(=O)CCc1ccc(O)c(OCO)c1C#CC4. The first kappa shape index (κ1) is 67.4. The Morgan fingerprint density at radius 1 is 0.894 bits per heavy atom. The molecule has 19 heteroatoms. The van der Waals surface area contributed by atoms with Crippen molar-refractivity contribution in [1.29, 1.82) is 0 Å². The van der Waals surface area contributed by atoms with Gasteiger partial charge < -0.3 is 71.1 Å². The van der Waals surface area contributed by atoms with E-state index in [0.29, 0.717) is 65.7 Å². The van der Waals surface area contributed by atoms with Crippen molar-refractivity contribution in [3.63, 3.8) is 0 Å². The van der Waals surface area contributed by atoms with Crippen LogP contribution in [-0.2, 0) is 41.6 Å². The number of aliphatic hydroxyl groups excluding tert-OH is 5. The number of aliphatic hydroxyl groups is 5. The predicted octanol–water partition coefficient (Wildman–Crippen LogP) is 8.84. The first-order valence-electron chi connectivity index (χ1n) is 34.9. The van der Waals surface area contributed by atoms with E-state index >= 15 is 0 Å². The zero-order chi connectivity index (χ0) is 65.7. The van der Waals surface area contributed by atoms with E-state index < -0.39 is 54.3 Å². The number of ketones is 1. The smallest absolute Gasteiger partial charge is 0.201 e. The van der Waals surface area contributed by atoms with E-state index in [2.05, 4.69) is 77.8 Å². The average molecular weight is 1330 g/mol. The molecule has 4 saturated carbocycles. The summed E-state index contributed by atoms with van der Waals surface area (Å²) < 4.78 is 26.5. The number of nitrogens with zero attached hydrogens (tertiary/aromatic N) is 1. The second kappa shape index (κ2) is 27.6. The topological polar surface area (TPSA) is 270 Å². The monoisotopic (exact) mass is 1330 g/mol. The molecular weight excluding hydrogens is 1230 g/mol. The number of aryl methyl sites for hydroxylation is 2. The Hall–Kier alpha value is -5.16. The summed E-state index contributed by atoms with van der Waals surface area (Å²) in [5.41, 5.74) is 11.3. The van der Waals surface area contributed by atoms with Gasteiger partial charge in [0.2, 0.25) is 6.29 Å². The molecule has 0 saturated heterocycles. The average Bonchev–Trinajstić information content (AvgIpc) is 1.49. The molecule has 5 spiro atoms. The Bertz CT molecular complexity index is 3500. The van der Waals surface area contributed by atoms with Gasteiger partial charge in [-0.25, -0.2) is 4.99 Å². The molecule has 3 aromatic carbocycles. The van der Waals surface area contributed by atoms with Crippen molar-refractivity contribution in [3.8, 4) is 52.4 Å². The maximum atomic E-state index is 13.7. The number of nitrogens with two attached hydrogens (primary N) is 1. The molecule has 0 radical (unpaired) electrons. The van der Waals surface area contributed by atoms with Crippen LogP contribution >= 0.6 is 21.6 Å². The van der Waals surface area contributed by atoms with E-state index in [-0.39, 0.29) is 126 Å². The van der Waals surface area contributed by atoms with E-state index in [9.17, 15) is 40.5 Å². The zero-order valence-electron chi connectivity index (χ0n) is 55.2. The van der Waals surface area contributed by atoms with E-state index in [4.69, 9.17) is 29.7 Å². The van der Waals surface area contributed by atoms with Gasteiger partial charge in [-0.1, -0.05) is 102 Å². The number of carbonyl (C=O) groups excluding carboxylic acids is 1. The van der Waals surface area contributed by atoms with Crippen molar-refractivity contribution < 1.29 is 59.5 Å². The van der Waals surface area contributed by atoms with Crippen LogP contribution in [0, 0.1) is 80.8 Å². The van der Waals surface area contributed by atoms with Gasteiger partial charge in [0.1, 0.15) is 18.3 Å². The molecular formula is C75H99N5O12S2. The van der Waals surface area contributed by atoms with Crippen LogP contribution in [0.4, 0.5) is 0 Å². The number of nitrogens with one attached hydrogen (secondary N) is 3. The summed E-state index contributed by atoms with van der Waals surface area (Å²) in [4.78, 5) is 18.8. The van der Waals surface area contributed by atoms with Gasteiger partial charge in [-0.15, -0.1) is 0 Å². The number of hydrogen-bond acceptors (Lipinski definition) is 19. The summed E-state index contributed by atoms with van der Waals surface area (Å²) in [6, 6.07) is 10.6. The summed E-state index contributed by atoms with van der Waals surface area (Å²) in [5, 5.41) is 90.6. The summed E-state index contributed by atoms with van der Waals surface area (Å²) in [6.07, 6.45) is 17.0. The fourth-order valence-corrected chi connectivity index (χ4v) is 22.9. The highest BCUT2D eigenvalue weighted by atomic mass is 33.1. The Labute approximate surface area is 562 Å². The molecule has 4 heterocycles. The number of fused-ring (bicyclic) bond motifs is 9. The molecule has 16 atom stereocenters. The number of benzene rings is 3. The lowest BCUT2D eigenvalue weighted by atomic mass is 9.46. The molecule has 3 aromatic rings. The van der Waals surface area contributed by atoms with Crippen molar-refractivity contribution in [2.75, 3.05) is 45.3 Å². The van der Waals surface area contributed by atoms with Crippen LogP contribution in [0.3, 0.4) is 0 Å². The summed E-state index contributed by atoms with van der Waals surface area (Å²) in [6.45, 7) is 5.83. The van der Waals surface area contributed by atoms with E-state index in [0.717, 1.165) is 93.1 Å². The van der Waals surface area contributed by atoms with E-state index in [1.165, 1.54) is 24.5 Å². The lowest BCUT2D eigenvalue weighted by Crippen LogP contribution is -2.67. The van der Waals surface area contributed by atoms with Crippen LogP contribution in [0.15, 0.2) is 53.5 Å². The molecule has 11 aliphatic rings. The van der Waals surface area contributed by atoms with E-state index in [1.807, 2.05) is 19.1 Å². The molecule has 14 rings (SSSR count). The molecule has 508 valence electrons. The van der Waals surface area contributed by atoms with Crippen LogP contribution < -0.4 is 35.9 Å². The highest BCUT2D eigenvalue weighted by Crippen LogP contribution is 2.77. The van der Waals surface area contributed by atoms with Crippen LogP contribution in [-0.4, -0.2) is 135 Å². The molecule has 7 aliphatic carbocycles. The molecule has 0 aromatic heterocycles. The van der Waals surface area contributed by atoms with Crippen LogP contribution in [0.25, 0.3) is 0 Å². The lowest BCUT2D eigenvalue weighted by molar-refractivity contribution is -0.121. The number of guanidine groups is 1. The maximum Gasteiger partial charge on any atom is 0.201 e. The number of aromatic hydroxyl groups is 2. The molecule has 4 aliphatic heterocycles. The third-order valence-electron chi connectivity index (χ3n) is 24.5. The number of aliphatic imine (C=N–C) groups is 1. The number of rotatable bonds is 9. The van der Waals surface area contributed by atoms with Gasteiger partial charge >= 0.3 is 0 Å². The minimum absolute atomic E-state index is 0.0130. The number of phenols is 2. The highest BCUT2D eigenvalue weighted by molar-refractivity contribution is 8.76. The minimum atomic E-state index is -1.31. The molecule has 12 N–H and O–H groups in total. The maximum absolute atomic E-state index is 13.7. The molecule has 17 nitrogen and oxygen atoms in total. The number of hydrogen-bond donors (Lipinski definition) is 11. The molecule has 4 fully saturated rings. The fraction of sp³-hybridized carbons (Fsp3) is 0.653. The van der Waals surface area contributed by atoms with Crippen molar-refractivity contribution >= 4 is 33.3 Å². The first-order valence-corrected chi connectivity index (χ1v) is 37.4. The van der Waals surface area contributed by atoms with Crippen molar-refractivity contribution in [2.45, 2.75) is 204 Å². The van der Waals surface area contributed by atoms with Gasteiger partial charge in [0.25, 0.3) is 0 Å². The molecule has 0 unspecified atom stereocenters. The molecule has 0 amide bonds. The number of phenolic OH excluding ortho intramolecular Hbond substituents is 2.